The van der Waals surface area contributed by atoms with Crippen LogP contribution in [0.15, 0.2) is 18.5 Å². The van der Waals surface area contributed by atoms with Gasteiger partial charge in [-0.25, -0.2) is 0 Å². The van der Waals surface area contributed by atoms with Crippen LogP contribution in [0.3, 0.4) is 0 Å². The van der Waals surface area contributed by atoms with Crippen LogP contribution in [0.2, 0.25) is 5.02 Å². The topological polar surface area (TPSA) is 62.2 Å². The number of aliphatic carboxylic acids is 1. The molecule has 23 heavy (non-hydrogen) atoms. The second-order valence-corrected chi connectivity index (χ2v) is 8.31. The van der Waals surface area contributed by atoms with E-state index < -0.39 is 12.0 Å². The molecule has 4 fully saturated rings. The largest absolute Gasteiger partial charge is 0.480 e. The Balaban J connectivity index is 1.54. The zero-order valence-corrected chi connectivity index (χ0v) is 13.9. The third-order valence-corrected chi connectivity index (χ3v) is 6.64. The van der Waals surface area contributed by atoms with Crippen molar-refractivity contribution in [1.29, 1.82) is 0 Å². The van der Waals surface area contributed by atoms with E-state index in [1.54, 1.807) is 12.4 Å². The Morgan fingerprint density at radius 1 is 1.30 bits per heavy atom. The van der Waals surface area contributed by atoms with Gasteiger partial charge in [0.05, 0.1) is 5.02 Å². The molecule has 1 unspecified atom stereocenters. The molecule has 124 valence electrons. The fourth-order valence-corrected chi connectivity index (χ4v) is 6.04. The molecular weight excluding hydrogens is 312 g/mol. The number of pyridine rings is 1. The monoisotopic (exact) mass is 334 g/mol. The predicted molar refractivity (Wildman–Crippen MR) is 88.1 cm³/mol. The highest BCUT2D eigenvalue weighted by atomic mass is 35.5. The molecule has 0 saturated heterocycles. The lowest BCUT2D eigenvalue weighted by Gasteiger charge is -2.58. The Labute approximate surface area is 141 Å². The molecule has 0 spiro atoms. The van der Waals surface area contributed by atoms with E-state index in [0.29, 0.717) is 11.6 Å². The van der Waals surface area contributed by atoms with E-state index in [9.17, 15) is 9.90 Å². The average Bonchev–Trinajstić information content (AvgIpc) is 2.47. The molecular formula is C18H23ClN2O2. The normalized spacial score (nSPS) is 36.1. The van der Waals surface area contributed by atoms with E-state index in [2.05, 4.69) is 10.3 Å². The molecule has 0 aromatic carbocycles. The number of carboxylic acids is 1. The van der Waals surface area contributed by atoms with Crippen LogP contribution >= 0.6 is 11.6 Å². The molecule has 2 N–H and O–H groups in total. The zero-order valence-electron chi connectivity index (χ0n) is 13.2. The lowest BCUT2D eigenvalue weighted by molar-refractivity contribution is -0.151. The van der Waals surface area contributed by atoms with Crippen LogP contribution in [0.4, 0.5) is 0 Å². The molecule has 1 aromatic rings. The Hall–Kier alpha value is -1.13. The van der Waals surface area contributed by atoms with E-state index in [1.807, 2.05) is 6.07 Å². The molecule has 0 amide bonds. The SMILES string of the molecule is O=C(O)C(NCc1ccncc1Cl)C12CC3CC(CC(C3)C1)C2. The second kappa shape index (κ2) is 5.75. The van der Waals surface area contributed by atoms with Gasteiger partial charge in [0.2, 0.25) is 0 Å². The first-order valence-electron chi connectivity index (χ1n) is 8.60. The molecule has 0 radical (unpaired) electrons. The Morgan fingerprint density at radius 2 is 1.91 bits per heavy atom. The highest BCUT2D eigenvalue weighted by Gasteiger charge is 2.55. The molecule has 5 rings (SSSR count). The minimum absolute atomic E-state index is 0.0555. The summed E-state index contributed by atoms with van der Waals surface area (Å²) in [5, 5.41) is 13.8. The summed E-state index contributed by atoms with van der Waals surface area (Å²) in [5.74, 6) is 1.52. The van der Waals surface area contributed by atoms with Crippen molar-refractivity contribution < 1.29 is 9.90 Å². The molecule has 0 aliphatic heterocycles. The number of rotatable bonds is 5. The predicted octanol–water partition coefficient (Wildman–Crippen LogP) is 3.49. The number of hydrogen-bond donors (Lipinski definition) is 2. The van der Waals surface area contributed by atoms with Gasteiger partial charge in [0, 0.05) is 18.9 Å². The third-order valence-electron chi connectivity index (χ3n) is 6.30. The number of halogens is 1. The summed E-state index contributed by atoms with van der Waals surface area (Å²) in [4.78, 5) is 16.0. The van der Waals surface area contributed by atoms with Gasteiger partial charge in [0.25, 0.3) is 0 Å². The van der Waals surface area contributed by atoms with Gasteiger partial charge in [0.15, 0.2) is 0 Å². The molecule has 4 nitrogen and oxygen atoms in total. The van der Waals surface area contributed by atoms with Gasteiger partial charge in [-0.05, 0) is 73.3 Å². The van der Waals surface area contributed by atoms with Crippen LogP contribution in [0.5, 0.6) is 0 Å². The third kappa shape index (κ3) is 2.76. The molecule has 1 atom stereocenters. The molecule has 4 aliphatic rings. The standard InChI is InChI=1S/C18H23ClN2O2/c19-15-10-20-2-1-14(15)9-21-16(17(22)23)18-6-11-3-12(7-18)5-13(4-11)8-18/h1-2,10-13,16,21H,3-9H2,(H,22,23). The van der Waals surface area contributed by atoms with Crippen molar-refractivity contribution in [3.63, 3.8) is 0 Å². The Morgan fingerprint density at radius 3 is 2.43 bits per heavy atom. The van der Waals surface area contributed by atoms with Crippen LogP contribution < -0.4 is 5.32 Å². The van der Waals surface area contributed by atoms with Crippen LogP contribution in [0.1, 0.15) is 44.1 Å². The maximum atomic E-state index is 12.0. The van der Waals surface area contributed by atoms with E-state index in [1.165, 1.54) is 19.3 Å². The Kier molecular flexibility index (Phi) is 3.85. The maximum absolute atomic E-state index is 12.0. The number of carboxylic acid groups (broad SMARTS) is 1. The van der Waals surface area contributed by atoms with Crippen molar-refractivity contribution >= 4 is 17.6 Å². The van der Waals surface area contributed by atoms with Crippen molar-refractivity contribution in [3.05, 3.63) is 29.0 Å². The minimum atomic E-state index is -0.711. The van der Waals surface area contributed by atoms with Crippen LogP contribution in [-0.4, -0.2) is 22.1 Å². The fraction of sp³-hybridized carbons (Fsp3) is 0.667. The lowest BCUT2D eigenvalue weighted by atomic mass is 9.47. The summed E-state index contributed by atoms with van der Waals surface area (Å²) in [6.07, 6.45) is 10.5. The summed E-state index contributed by atoms with van der Waals surface area (Å²) in [6.45, 7) is 0.486. The van der Waals surface area contributed by atoms with Crippen molar-refractivity contribution in [2.24, 2.45) is 23.2 Å². The highest BCUT2D eigenvalue weighted by Crippen LogP contribution is 2.61. The summed E-state index contributed by atoms with van der Waals surface area (Å²) < 4.78 is 0. The summed E-state index contributed by atoms with van der Waals surface area (Å²) in [7, 11) is 0. The van der Waals surface area contributed by atoms with E-state index in [4.69, 9.17) is 11.6 Å². The van der Waals surface area contributed by atoms with Gasteiger partial charge in [-0.1, -0.05) is 11.6 Å². The number of nitrogens with zero attached hydrogens (tertiary/aromatic N) is 1. The summed E-state index contributed by atoms with van der Waals surface area (Å²) >= 11 is 6.16. The molecule has 4 saturated carbocycles. The molecule has 4 aliphatic carbocycles. The first-order chi connectivity index (χ1) is 11.1. The highest BCUT2D eigenvalue weighted by molar-refractivity contribution is 6.31. The van der Waals surface area contributed by atoms with Gasteiger partial charge in [0.1, 0.15) is 6.04 Å². The molecule has 5 heteroatoms. The molecule has 1 heterocycles. The van der Waals surface area contributed by atoms with Crippen molar-refractivity contribution in [2.45, 2.75) is 51.1 Å². The Bertz CT molecular complexity index is 584. The summed E-state index contributed by atoms with van der Waals surface area (Å²) in [5.41, 5.74) is 0.859. The quantitative estimate of drug-likeness (QED) is 0.865. The lowest BCUT2D eigenvalue weighted by Crippen LogP contribution is -2.58. The molecule has 4 bridgehead atoms. The average molecular weight is 335 g/mol. The van der Waals surface area contributed by atoms with Gasteiger partial charge < -0.3 is 5.11 Å². The zero-order chi connectivity index (χ0) is 16.0. The number of carbonyl (C=O) groups is 1. The van der Waals surface area contributed by atoms with Crippen LogP contribution in [0.25, 0.3) is 0 Å². The van der Waals surface area contributed by atoms with E-state index in [0.717, 1.165) is 42.6 Å². The van der Waals surface area contributed by atoms with Crippen molar-refractivity contribution in [3.8, 4) is 0 Å². The minimum Gasteiger partial charge on any atom is -0.480 e. The van der Waals surface area contributed by atoms with Gasteiger partial charge in [-0.2, -0.15) is 0 Å². The molecule has 1 aromatic heterocycles. The van der Waals surface area contributed by atoms with Gasteiger partial charge in [-0.3, -0.25) is 15.1 Å². The summed E-state index contributed by atoms with van der Waals surface area (Å²) in [6, 6.07) is 1.38. The number of aromatic nitrogens is 1. The van der Waals surface area contributed by atoms with E-state index in [-0.39, 0.29) is 5.41 Å². The van der Waals surface area contributed by atoms with Crippen LogP contribution in [-0.2, 0) is 11.3 Å². The van der Waals surface area contributed by atoms with E-state index >= 15 is 0 Å². The second-order valence-electron chi connectivity index (χ2n) is 7.90. The van der Waals surface area contributed by atoms with Crippen molar-refractivity contribution in [2.75, 3.05) is 0 Å². The first-order valence-corrected chi connectivity index (χ1v) is 8.98. The van der Waals surface area contributed by atoms with Crippen molar-refractivity contribution in [1.82, 2.24) is 10.3 Å². The van der Waals surface area contributed by atoms with Gasteiger partial charge in [-0.15, -0.1) is 0 Å². The number of nitrogens with one attached hydrogen (secondary N) is 1. The fourth-order valence-electron chi connectivity index (χ4n) is 5.86. The van der Waals surface area contributed by atoms with Crippen LogP contribution in [0, 0.1) is 23.2 Å². The first kappa shape index (κ1) is 15.4. The maximum Gasteiger partial charge on any atom is 0.321 e. The smallest absolute Gasteiger partial charge is 0.321 e. The van der Waals surface area contributed by atoms with Gasteiger partial charge >= 0.3 is 5.97 Å². The number of hydrogen-bond acceptors (Lipinski definition) is 3.